The lowest BCUT2D eigenvalue weighted by atomic mass is 9.67. The van der Waals surface area contributed by atoms with Gasteiger partial charge in [0.25, 0.3) is 0 Å². The first kappa shape index (κ1) is 25.1. The van der Waals surface area contributed by atoms with Crippen molar-refractivity contribution in [2.75, 3.05) is 0 Å². The summed E-state index contributed by atoms with van der Waals surface area (Å²) in [5.74, 6) is 0.717. The lowest BCUT2D eigenvalue weighted by molar-refractivity contribution is 0.768. The fraction of sp³-hybridized carbons (Fsp3) is 0.0244. The quantitative estimate of drug-likeness (QED) is 0.214. The monoisotopic (exact) mass is 548 g/mol. The molecule has 0 fully saturated rings. The Morgan fingerprint density at radius 1 is 0.349 bits per heavy atom. The summed E-state index contributed by atoms with van der Waals surface area (Å²) >= 11 is 0. The third-order valence-electron chi connectivity index (χ3n) is 8.58. The highest BCUT2D eigenvalue weighted by Gasteiger charge is 2.46. The van der Waals surface area contributed by atoms with Crippen molar-refractivity contribution in [2.45, 2.75) is 5.41 Å². The molecule has 0 bridgehead atoms. The van der Waals surface area contributed by atoms with Crippen LogP contribution in [0, 0.1) is 0 Å². The molecule has 0 atom stereocenters. The van der Waals surface area contributed by atoms with Crippen LogP contribution in [0.2, 0.25) is 0 Å². The summed E-state index contributed by atoms with van der Waals surface area (Å²) in [6.45, 7) is 0. The van der Waals surface area contributed by atoms with E-state index in [2.05, 4.69) is 158 Å². The van der Waals surface area contributed by atoms with Gasteiger partial charge < -0.3 is 0 Å². The number of benzene rings is 6. The number of fused-ring (bicyclic) bond motifs is 3. The van der Waals surface area contributed by atoms with Crippen molar-refractivity contribution in [3.63, 3.8) is 0 Å². The highest BCUT2D eigenvalue weighted by molar-refractivity contribution is 5.88. The average Bonchev–Trinajstić information content (AvgIpc) is 3.40. The Bertz CT molecular complexity index is 1950. The number of aromatic nitrogens is 2. The summed E-state index contributed by atoms with van der Waals surface area (Å²) in [6, 6.07) is 60.2. The van der Waals surface area contributed by atoms with Crippen LogP contribution in [-0.4, -0.2) is 9.97 Å². The maximum atomic E-state index is 5.16. The van der Waals surface area contributed by atoms with Crippen molar-refractivity contribution >= 4 is 0 Å². The molecule has 1 aliphatic rings. The molecule has 1 aromatic heterocycles. The van der Waals surface area contributed by atoms with Crippen molar-refractivity contribution in [3.05, 3.63) is 192 Å². The Labute approximate surface area is 252 Å². The van der Waals surface area contributed by atoms with Gasteiger partial charge in [-0.3, -0.25) is 0 Å². The molecule has 43 heavy (non-hydrogen) atoms. The largest absolute Gasteiger partial charge is 0.228 e. The molecular formula is C41H28N2. The summed E-state index contributed by atoms with van der Waals surface area (Å²) < 4.78 is 0. The maximum Gasteiger partial charge on any atom is 0.160 e. The van der Waals surface area contributed by atoms with Crippen LogP contribution in [0.4, 0.5) is 0 Å². The molecule has 2 nitrogen and oxygen atoms in total. The Morgan fingerprint density at radius 3 is 1.37 bits per heavy atom. The Kier molecular flexibility index (Phi) is 6.05. The van der Waals surface area contributed by atoms with Crippen LogP contribution >= 0.6 is 0 Å². The first-order valence-corrected chi connectivity index (χ1v) is 14.7. The van der Waals surface area contributed by atoms with Gasteiger partial charge in [0, 0.05) is 16.7 Å². The molecule has 0 aliphatic heterocycles. The second-order valence-electron chi connectivity index (χ2n) is 11.0. The van der Waals surface area contributed by atoms with E-state index in [0.29, 0.717) is 5.82 Å². The molecule has 2 heteroatoms. The minimum absolute atomic E-state index is 0.468. The van der Waals surface area contributed by atoms with E-state index >= 15 is 0 Å². The van der Waals surface area contributed by atoms with Gasteiger partial charge in [0.2, 0.25) is 0 Å². The summed E-state index contributed by atoms with van der Waals surface area (Å²) in [5, 5.41) is 0. The van der Waals surface area contributed by atoms with Crippen molar-refractivity contribution in [3.8, 4) is 45.0 Å². The van der Waals surface area contributed by atoms with Crippen LogP contribution in [-0.2, 0) is 5.41 Å². The predicted molar refractivity (Wildman–Crippen MR) is 176 cm³/mol. The topological polar surface area (TPSA) is 25.8 Å². The Balaban J connectivity index is 1.41. The predicted octanol–water partition coefficient (Wildman–Crippen LogP) is 9.84. The number of hydrogen-bond acceptors (Lipinski definition) is 2. The molecule has 0 spiro atoms. The van der Waals surface area contributed by atoms with Crippen molar-refractivity contribution < 1.29 is 0 Å². The van der Waals surface area contributed by atoms with Crippen LogP contribution in [0.5, 0.6) is 0 Å². The van der Waals surface area contributed by atoms with E-state index < -0.39 is 5.41 Å². The van der Waals surface area contributed by atoms with Crippen LogP contribution in [0.15, 0.2) is 170 Å². The highest BCUT2D eigenvalue weighted by Crippen LogP contribution is 2.56. The lowest BCUT2D eigenvalue weighted by Crippen LogP contribution is -2.28. The Hall–Kier alpha value is -5.60. The summed E-state index contributed by atoms with van der Waals surface area (Å²) in [6.07, 6.45) is 0. The number of rotatable bonds is 5. The van der Waals surface area contributed by atoms with Crippen LogP contribution < -0.4 is 0 Å². The molecule has 0 amide bonds. The van der Waals surface area contributed by atoms with Gasteiger partial charge in [-0.15, -0.1) is 0 Å². The first-order chi connectivity index (χ1) is 21.3. The molecule has 0 unspecified atom stereocenters. The van der Waals surface area contributed by atoms with Gasteiger partial charge in [0.05, 0.1) is 16.8 Å². The molecule has 0 saturated carbocycles. The highest BCUT2D eigenvalue weighted by atomic mass is 14.9. The lowest BCUT2D eigenvalue weighted by Gasteiger charge is -2.34. The van der Waals surface area contributed by atoms with Gasteiger partial charge in [0.1, 0.15) is 0 Å². The van der Waals surface area contributed by atoms with Gasteiger partial charge in [0.15, 0.2) is 5.82 Å². The first-order valence-electron chi connectivity index (χ1n) is 14.7. The van der Waals surface area contributed by atoms with Crippen LogP contribution in [0.1, 0.15) is 22.3 Å². The molecule has 6 aromatic carbocycles. The molecule has 0 radical (unpaired) electrons. The molecule has 202 valence electrons. The van der Waals surface area contributed by atoms with E-state index in [1.807, 2.05) is 12.1 Å². The van der Waals surface area contributed by atoms with E-state index in [4.69, 9.17) is 9.97 Å². The van der Waals surface area contributed by atoms with Gasteiger partial charge in [-0.25, -0.2) is 9.97 Å². The fourth-order valence-electron chi connectivity index (χ4n) is 6.67. The number of nitrogens with zero attached hydrogens (tertiary/aromatic N) is 2. The molecule has 8 rings (SSSR count). The summed E-state index contributed by atoms with van der Waals surface area (Å²) in [4.78, 5) is 10.3. The van der Waals surface area contributed by atoms with Gasteiger partial charge in [-0.1, -0.05) is 158 Å². The van der Waals surface area contributed by atoms with E-state index in [1.54, 1.807) is 0 Å². The average molecular weight is 549 g/mol. The standard InChI is InChI=1S/C41H28N2/c1-5-15-29(16-6-1)38-28-39(30-17-7-2-8-18-30)43-40(42-38)31-25-26-35-34-23-13-14-24-36(34)41(37(35)27-31,32-19-9-3-10-20-32)33-21-11-4-12-22-33/h1-28H. The summed E-state index contributed by atoms with van der Waals surface area (Å²) in [7, 11) is 0. The van der Waals surface area contributed by atoms with E-state index in [9.17, 15) is 0 Å². The third kappa shape index (κ3) is 4.11. The maximum absolute atomic E-state index is 5.16. The SMILES string of the molecule is c1ccc(-c2cc(-c3ccccc3)nc(-c3ccc4c(c3)C(c3ccccc3)(c3ccccc3)c3ccccc3-4)n2)cc1. The van der Waals surface area contributed by atoms with Crippen LogP contribution in [0.3, 0.4) is 0 Å². The minimum Gasteiger partial charge on any atom is -0.228 e. The van der Waals surface area contributed by atoms with E-state index in [1.165, 1.54) is 33.4 Å². The fourth-order valence-corrected chi connectivity index (χ4v) is 6.67. The molecule has 7 aromatic rings. The zero-order chi connectivity index (χ0) is 28.6. The zero-order valence-electron chi connectivity index (χ0n) is 23.6. The summed E-state index contributed by atoms with van der Waals surface area (Å²) in [5.41, 5.74) is 12.0. The zero-order valence-corrected chi connectivity index (χ0v) is 23.6. The molecule has 0 N–H and O–H groups in total. The van der Waals surface area contributed by atoms with E-state index in [-0.39, 0.29) is 0 Å². The number of hydrogen-bond donors (Lipinski definition) is 0. The van der Waals surface area contributed by atoms with Gasteiger partial charge >= 0.3 is 0 Å². The Morgan fingerprint density at radius 2 is 0.814 bits per heavy atom. The van der Waals surface area contributed by atoms with Gasteiger partial charge in [-0.2, -0.15) is 0 Å². The van der Waals surface area contributed by atoms with Crippen molar-refractivity contribution in [1.82, 2.24) is 9.97 Å². The smallest absolute Gasteiger partial charge is 0.160 e. The second kappa shape index (κ2) is 10.3. The normalized spacial score (nSPS) is 12.8. The van der Waals surface area contributed by atoms with Gasteiger partial charge in [-0.05, 0) is 45.5 Å². The van der Waals surface area contributed by atoms with Crippen LogP contribution in [0.25, 0.3) is 45.0 Å². The molecule has 0 saturated heterocycles. The molecular weight excluding hydrogens is 520 g/mol. The second-order valence-corrected chi connectivity index (χ2v) is 11.0. The molecule has 1 aliphatic carbocycles. The van der Waals surface area contributed by atoms with Crippen molar-refractivity contribution in [2.24, 2.45) is 0 Å². The van der Waals surface area contributed by atoms with E-state index in [0.717, 1.165) is 28.1 Å². The minimum atomic E-state index is -0.468. The van der Waals surface area contributed by atoms with Crippen molar-refractivity contribution in [1.29, 1.82) is 0 Å². The molecule has 1 heterocycles. The third-order valence-corrected chi connectivity index (χ3v) is 8.58.